The Hall–Kier alpha value is -3.12. The van der Waals surface area contributed by atoms with Crippen molar-refractivity contribution < 1.29 is 19.1 Å². The summed E-state index contributed by atoms with van der Waals surface area (Å²) in [5.74, 6) is 0.240. The summed E-state index contributed by atoms with van der Waals surface area (Å²) in [5.41, 5.74) is 3.60. The highest BCUT2D eigenvalue weighted by Crippen LogP contribution is 2.41. The first-order valence-electron chi connectivity index (χ1n) is 14.3. The van der Waals surface area contributed by atoms with Gasteiger partial charge in [-0.3, -0.25) is 0 Å². The van der Waals surface area contributed by atoms with E-state index in [1.807, 2.05) is 37.8 Å². The van der Waals surface area contributed by atoms with Gasteiger partial charge in [0, 0.05) is 24.7 Å². The molecule has 2 fully saturated rings. The summed E-state index contributed by atoms with van der Waals surface area (Å²) in [5, 5.41) is 3.92. The molecular formula is C33H44N2O4. The lowest BCUT2D eigenvalue weighted by molar-refractivity contribution is 0.00876. The predicted octanol–water partition coefficient (Wildman–Crippen LogP) is 6.99. The average Bonchev–Trinajstić information content (AvgIpc) is 3.69. The molecule has 0 spiro atoms. The van der Waals surface area contributed by atoms with Crippen molar-refractivity contribution in [2.75, 3.05) is 7.11 Å². The zero-order valence-electron chi connectivity index (χ0n) is 24.1. The van der Waals surface area contributed by atoms with Gasteiger partial charge in [-0.25, -0.2) is 9.59 Å². The number of rotatable bonds is 9. The van der Waals surface area contributed by atoms with E-state index in [1.54, 1.807) is 12.1 Å². The van der Waals surface area contributed by atoms with Crippen LogP contribution in [0.3, 0.4) is 0 Å². The first-order chi connectivity index (χ1) is 18.7. The first kappa shape index (κ1) is 28.9. The van der Waals surface area contributed by atoms with Crippen LogP contribution >= 0.6 is 0 Å². The monoisotopic (exact) mass is 532 g/mol. The van der Waals surface area contributed by atoms with Crippen LogP contribution < -0.4 is 5.32 Å². The van der Waals surface area contributed by atoms with Crippen molar-refractivity contribution in [3.05, 3.63) is 76.9 Å². The summed E-state index contributed by atoms with van der Waals surface area (Å²) < 4.78 is 10.7. The number of esters is 1. The maximum absolute atomic E-state index is 13.3. The van der Waals surface area contributed by atoms with E-state index >= 15 is 0 Å². The highest BCUT2D eigenvalue weighted by Gasteiger charge is 2.41. The molecule has 2 aromatic rings. The molecule has 1 N–H and O–H groups in total. The van der Waals surface area contributed by atoms with Crippen molar-refractivity contribution in [2.45, 2.75) is 96.5 Å². The van der Waals surface area contributed by atoms with Crippen LogP contribution in [0, 0.1) is 5.92 Å². The number of hydrogen-bond donors (Lipinski definition) is 1. The Labute approximate surface area is 233 Å². The molecule has 2 unspecified atom stereocenters. The van der Waals surface area contributed by atoms with Crippen molar-refractivity contribution in [1.82, 2.24) is 10.2 Å². The number of ether oxygens (including phenoxy) is 2. The summed E-state index contributed by atoms with van der Waals surface area (Å²) in [6.07, 6.45) is 8.23. The Morgan fingerprint density at radius 2 is 1.74 bits per heavy atom. The van der Waals surface area contributed by atoms with Crippen LogP contribution in [0.5, 0.6) is 0 Å². The van der Waals surface area contributed by atoms with Gasteiger partial charge in [-0.15, -0.1) is 0 Å². The molecule has 210 valence electrons. The molecule has 0 bridgehead atoms. The maximum Gasteiger partial charge on any atom is 0.410 e. The topological polar surface area (TPSA) is 67.9 Å². The Balaban J connectivity index is 1.37. The number of hydrogen-bond acceptors (Lipinski definition) is 5. The van der Waals surface area contributed by atoms with Gasteiger partial charge in [-0.2, -0.15) is 0 Å². The minimum atomic E-state index is -0.576. The lowest BCUT2D eigenvalue weighted by atomic mass is 9.89. The number of methoxy groups -OCH3 is 1. The van der Waals surface area contributed by atoms with Gasteiger partial charge in [0.15, 0.2) is 0 Å². The van der Waals surface area contributed by atoms with Crippen LogP contribution in [0.15, 0.2) is 60.2 Å². The molecule has 4 rings (SSSR count). The van der Waals surface area contributed by atoms with Crippen LogP contribution in [-0.4, -0.2) is 47.8 Å². The summed E-state index contributed by atoms with van der Waals surface area (Å²) >= 11 is 0. The van der Waals surface area contributed by atoms with Crippen molar-refractivity contribution >= 4 is 18.1 Å². The van der Waals surface area contributed by atoms with Crippen LogP contribution in [0.2, 0.25) is 0 Å². The first-order valence-corrected chi connectivity index (χ1v) is 14.3. The van der Waals surface area contributed by atoms with Crippen molar-refractivity contribution in [2.24, 2.45) is 5.92 Å². The minimum Gasteiger partial charge on any atom is -0.465 e. The molecule has 39 heavy (non-hydrogen) atoms. The number of carbonyl (C=O) groups excluding carboxylic acids is 2. The number of nitrogens with zero attached hydrogens (tertiary/aromatic N) is 1. The van der Waals surface area contributed by atoms with E-state index in [0.717, 1.165) is 37.7 Å². The highest BCUT2D eigenvalue weighted by atomic mass is 16.6. The summed E-state index contributed by atoms with van der Waals surface area (Å²) in [6, 6.07) is 19.0. The Kier molecular flexibility index (Phi) is 9.49. The molecule has 2 saturated carbocycles. The number of carbonyl (C=O) groups is 2. The molecule has 0 saturated heterocycles. The third-order valence-electron chi connectivity index (χ3n) is 7.74. The lowest BCUT2D eigenvalue weighted by Crippen LogP contribution is -2.47. The molecule has 2 atom stereocenters. The van der Waals surface area contributed by atoms with Crippen molar-refractivity contribution in [1.29, 1.82) is 0 Å². The van der Waals surface area contributed by atoms with E-state index < -0.39 is 5.60 Å². The van der Waals surface area contributed by atoms with E-state index in [9.17, 15) is 9.59 Å². The van der Waals surface area contributed by atoms with Gasteiger partial charge in [0.2, 0.25) is 0 Å². The van der Waals surface area contributed by atoms with E-state index in [0.29, 0.717) is 30.1 Å². The fourth-order valence-electron chi connectivity index (χ4n) is 5.66. The van der Waals surface area contributed by atoms with E-state index in [4.69, 9.17) is 9.47 Å². The predicted molar refractivity (Wildman–Crippen MR) is 155 cm³/mol. The second-order valence-corrected chi connectivity index (χ2v) is 11.9. The SMILES string of the molecule is CCC(=Cc1ccccc1)C1CC1NC1CCC(N(Cc2cccc(C(=O)OC)c2)C(=O)OC(C)(C)C)CC1. The van der Waals surface area contributed by atoms with Gasteiger partial charge in [-0.05, 0) is 88.5 Å². The second kappa shape index (κ2) is 12.8. The molecule has 1 amide bonds. The number of amides is 1. The molecule has 0 radical (unpaired) electrons. The number of nitrogens with one attached hydrogen (secondary N) is 1. The Morgan fingerprint density at radius 3 is 2.38 bits per heavy atom. The van der Waals surface area contributed by atoms with E-state index in [-0.39, 0.29) is 18.1 Å². The Bertz CT molecular complexity index is 1150. The van der Waals surface area contributed by atoms with E-state index in [2.05, 4.69) is 48.6 Å². The zero-order chi connectivity index (χ0) is 28.0. The van der Waals surface area contributed by atoms with Crippen molar-refractivity contribution in [3.63, 3.8) is 0 Å². The zero-order valence-corrected chi connectivity index (χ0v) is 24.1. The average molecular weight is 533 g/mol. The van der Waals surface area contributed by atoms with Gasteiger partial charge in [0.25, 0.3) is 0 Å². The molecule has 0 heterocycles. The molecule has 6 nitrogen and oxygen atoms in total. The molecule has 0 aliphatic heterocycles. The maximum atomic E-state index is 13.3. The van der Waals surface area contributed by atoms with Gasteiger partial charge < -0.3 is 19.7 Å². The van der Waals surface area contributed by atoms with Crippen LogP contribution in [0.25, 0.3) is 6.08 Å². The summed E-state index contributed by atoms with van der Waals surface area (Å²) in [4.78, 5) is 27.2. The fraction of sp³-hybridized carbons (Fsp3) is 0.515. The Morgan fingerprint density at radius 1 is 1.03 bits per heavy atom. The van der Waals surface area contributed by atoms with Crippen molar-refractivity contribution in [3.8, 4) is 0 Å². The lowest BCUT2D eigenvalue weighted by Gasteiger charge is -2.38. The second-order valence-electron chi connectivity index (χ2n) is 11.9. The van der Waals surface area contributed by atoms with Gasteiger partial charge in [0.05, 0.1) is 12.7 Å². The third kappa shape index (κ3) is 8.18. The molecule has 2 aromatic carbocycles. The molecule has 2 aliphatic carbocycles. The third-order valence-corrected chi connectivity index (χ3v) is 7.74. The molecule has 0 aromatic heterocycles. The summed E-state index contributed by atoms with van der Waals surface area (Å²) in [7, 11) is 1.38. The van der Waals surface area contributed by atoms with E-state index in [1.165, 1.54) is 24.7 Å². The van der Waals surface area contributed by atoms with Crippen LogP contribution in [0.4, 0.5) is 4.79 Å². The smallest absolute Gasteiger partial charge is 0.410 e. The normalized spacial score (nSPS) is 23.2. The van der Waals surface area contributed by atoms with Gasteiger partial charge in [0.1, 0.15) is 5.60 Å². The van der Waals surface area contributed by atoms with Gasteiger partial charge >= 0.3 is 12.1 Å². The molecule has 2 aliphatic rings. The largest absolute Gasteiger partial charge is 0.465 e. The highest BCUT2D eigenvalue weighted by molar-refractivity contribution is 5.89. The summed E-state index contributed by atoms with van der Waals surface area (Å²) in [6.45, 7) is 8.33. The number of benzene rings is 2. The molecule has 6 heteroatoms. The standard InChI is InChI=1S/C33H44N2O4/c1-6-25(19-23-11-8-7-9-12-23)29-21-30(29)34-27-15-17-28(18-16-27)35(32(37)39-33(2,3)4)22-24-13-10-14-26(20-24)31(36)38-5/h7-14,19-20,27-30,34H,6,15-18,21-22H2,1-5H3. The van der Waals surface area contributed by atoms with Gasteiger partial charge in [-0.1, -0.05) is 61.0 Å². The van der Waals surface area contributed by atoms with Crippen LogP contribution in [-0.2, 0) is 16.0 Å². The minimum absolute atomic E-state index is 0.0962. The van der Waals surface area contributed by atoms with Crippen LogP contribution in [0.1, 0.15) is 87.7 Å². The quantitative estimate of drug-likeness (QED) is 0.353. The fourth-order valence-corrected chi connectivity index (χ4v) is 5.66. The molecular weight excluding hydrogens is 488 g/mol.